The number of thioether (sulfide) groups is 1. The van der Waals surface area contributed by atoms with Crippen molar-refractivity contribution in [3.05, 3.63) is 33.9 Å². The van der Waals surface area contributed by atoms with Gasteiger partial charge in [0.05, 0.1) is 4.92 Å². The molecule has 0 atom stereocenters. The van der Waals surface area contributed by atoms with Crippen molar-refractivity contribution in [3.8, 4) is 0 Å². The van der Waals surface area contributed by atoms with E-state index >= 15 is 0 Å². The molecule has 0 saturated carbocycles. The third-order valence-electron chi connectivity index (χ3n) is 1.82. The highest BCUT2D eigenvalue weighted by Gasteiger charge is 2.34. The molecule has 6 heteroatoms. The molecule has 1 aliphatic heterocycles. The van der Waals surface area contributed by atoms with Crippen LogP contribution in [0.3, 0.4) is 0 Å². The molecule has 0 spiro atoms. The summed E-state index contributed by atoms with van der Waals surface area (Å²) in [4.78, 5) is 32.3. The smallest absolute Gasteiger partial charge is 0.284 e. The van der Waals surface area contributed by atoms with E-state index in [4.69, 9.17) is 0 Å². The van der Waals surface area contributed by atoms with Gasteiger partial charge in [-0.25, -0.2) is 0 Å². The summed E-state index contributed by atoms with van der Waals surface area (Å²) in [5.41, 5.74) is -0.0547. The van der Waals surface area contributed by atoms with Crippen LogP contribution in [0.2, 0.25) is 0 Å². The highest BCUT2D eigenvalue weighted by Crippen LogP contribution is 2.39. The lowest BCUT2D eigenvalue weighted by molar-refractivity contribution is -0.387. The molecule has 0 aliphatic carbocycles. The van der Waals surface area contributed by atoms with Gasteiger partial charge in [-0.05, 0) is 17.8 Å². The fraction of sp³-hybridized carbons (Fsp3) is 0. The lowest BCUT2D eigenvalue weighted by Crippen LogP contribution is -2.02. The van der Waals surface area contributed by atoms with Crippen molar-refractivity contribution in [1.29, 1.82) is 0 Å². The fourth-order valence-electron chi connectivity index (χ4n) is 1.20. The highest BCUT2D eigenvalue weighted by molar-refractivity contribution is 8.16. The zero-order chi connectivity index (χ0) is 10.3. The van der Waals surface area contributed by atoms with Gasteiger partial charge in [0.15, 0.2) is 0 Å². The Hall–Kier alpha value is -1.69. The number of fused-ring (bicyclic) bond motifs is 1. The van der Waals surface area contributed by atoms with Crippen molar-refractivity contribution >= 4 is 28.3 Å². The molecule has 1 aliphatic rings. The van der Waals surface area contributed by atoms with E-state index in [-0.39, 0.29) is 16.1 Å². The summed E-state index contributed by atoms with van der Waals surface area (Å²) in [6, 6.07) is 4.09. The monoisotopic (exact) mass is 209 g/mol. The molecule has 0 aromatic heterocycles. The predicted molar refractivity (Wildman–Crippen MR) is 48.3 cm³/mol. The van der Waals surface area contributed by atoms with Gasteiger partial charge in [-0.15, -0.1) is 0 Å². The normalized spacial score (nSPS) is 14.3. The van der Waals surface area contributed by atoms with E-state index in [1.165, 1.54) is 18.2 Å². The molecule has 0 fully saturated rings. The molecule has 1 aromatic carbocycles. The van der Waals surface area contributed by atoms with E-state index in [2.05, 4.69) is 0 Å². The standard InChI is InChI=1S/C8H3NO4S/c10-6-4-2-1-3-5(9(12)13)7(4)14-8(6)11/h1-3H. The quantitative estimate of drug-likeness (QED) is 0.397. The Labute approximate surface area is 82.3 Å². The second kappa shape index (κ2) is 2.91. The molecule has 70 valence electrons. The number of hydrogen-bond acceptors (Lipinski definition) is 5. The van der Waals surface area contributed by atoms with Crippen LogP contribution in [0.5, 0.6) is 0 Å². The first kappa shape index (κ1) is 8.89. The van der Waals surface area contributed by atoms with Gasteiger partial charge >= 0.3 is 0 Å². The number of nitro groups is 1. The Kier molecular flexibility index (Phi) is 1.85. The van der Waals surface area contributed by atoms with Gasteiger partial charge < -0.3 is 0 Å². The number of benzene rings is 1. The Balaban J connectivity index is 2.67. The van der Waals surface area contributed by atoms with Crippen LogP contribution in [0.4, 0.5) is 5.69 Å². The first-order valence-electron chi connectivity index (χ1n) is 3.65. The number of ketones is 1. The Bertz CT molecular complexity index is 468. The second-order valence-corrected chi connectivity index (χ2v) is 3.61. The fourth-order valence-corrected chi connectivity index (χ4v) is 2.11. The molecule has 5 nitrogen and oxygen atoms in total. The maximum absolute atomic E-state index is 11.2. The number of nitro benzene ring substituents is 1. The lowest BCUT2D eigenvalue weighted by Gasteiger charge is -1.95. The summed E-state index contributed by atoms with van der Waals surface area (Å²) in [5.74, 6) is -0.659. The summed E-state index contributed by atoms with van der Waals surface area (Å²) in [6.45, 7) is 0. The summed E-state index contributed by atoms with van der Waals surface area (Å²) >= 11 is 0.624. The van der Waals surface area contributed by atoms with E-state index in [1.54, 1.807) is 0 Å². The molecule has 0 N–H and O–H groups in total. The molecule has 0 bridgehead atoms. The minimum Gasteiger partial charge on any atom is -0.284 e. The third-order valence-corrected chi connectivity index (χ3v) is 2.82. The maximum Gasteiger partial charge on any atom is 0.284 e. The molecule has 0 amide bonds. The minimum absolute atomic E-state index is 0.134. The van der Waals surface area contributed by atoms with Crippen molar-refractivity contribution in [1.82, 2.24) is 0 Å². The van der Waals surface area contributed by atoms with Gasteiger partial charge in [0, 0.05) is 11.6 Å². The second-order valence-electron chi connectivity index (χ2n) is 2.63. The van der Waals surface area contributed by atoms with Crippen LogP contribution in [0, 0.1) is 10.1 Å². The summed E-state index contributed by atoms with van der Waals surface area (Å²) in [5, 5.41) is 9.89. The van der Waals surface area contributed by atoms with E-state index < -0.39 is 15.8 Å². The molecule has 0 unspecified atom stereocenters. The van der Waals surface area contributed by atoms with Crippen LogP contribution in [-0.2, 0) is 4.79 Å². The van der Waals surface area contributed by atoms with Crippen molar-refractivity contribution < 1.29 is 14.5 Å². The van der Waals surface area contributed by atoms with Crippen LogP contribution in [0.25, 0.3) is 0 Å². The first-order valence-corrected chi connectivity index (χ1v) is 4.47. The average Bonchev–Trinajstić information content (AvgIpc) is 2.43. The van der Waals surface area contributed by atoms with Gasteiger partial charge in [-0.1, -0.05) is 6.07 Å². The van der Waals surface area contributed by atoms with E-state index in [1.807, 2.05) is 0 Å². The topological polar surface area (TPSA) is 77.3 Å². The lowest BCUT2D eigenvalue weighted by atomic mass is 10.1. The van der Waals surface area contributed by atoms with Gasteiger partial charge in [-0.3, -0.25) is 19.7 Å². The van der Waals surface area contributed by atoms with E-state index in [9.17, 15) is 19.7 Å². The van der Waals surface area contributed by atoms with Crippen molar-refractivity contribution in [3.63, 3.8) is 0 Å². The average molecular weight is 209 g/mol. The zero-order valence-electron chi connectivity index (χ0n) is 6.72. The molecular weight excluding hydrogens is 206 g/mol. The van der Waals surface area contributed by atoms with Crippen LogP contribution in [-0.4, -0.2) is 15.8 Å². The summed E-state index contributed by atoms with van der Waals surface area (Å²) < 4.78 is 0. The van der Waals surface area contributed by atoms with Crippen molar-refractivity contribution in [2.45, 2.75) is 4.90 Å². The molecule has 1 heterocycles. The van der Waals surface area contributed by atoms with Crippen molar-refractivity contribution in [2.75, 3.05) is 0 Å². The molecule has 0 saturated heterocycles. The highest BCUT2D eigenvalue weighted by atomic mass is 32.2. The predicted octanol–water partition coefficient (Wildman–Crippen LogP) is 1.41. The number of Topliss-reactive ketones (excluding diaryl/α,β-unsaturated/α-hetero) is 1. The van der Waals surface area contributed by atoms with Gasteiger partial charge in [0.2, 0.25) is 5.78 Å². The van der Waals surface area contributed by atoms with Gasteiger partial charge in [0.1, 0.15) is 4.90 Å². The van der Waals surface area contributed by atoms with E-state index in [0.717, 1.165) is 0 Å². The molecule has 14 heavy (non-hydrogen) atoms. The number of carbonyl (C=O) groups excluding carboxylic acids is 2. The number of hydrogen-bond donors (Lipinski definition) is 0. The first-order chi connectivity index (χ1) is 6.61. The largest absolute Gasteiger partial charge is 0.284 e. The van der Waals surface area contributed by atoms with E-state index in [0.29, 0.717) is 11.8 Å². The van der Waals surface area contributed by atoms with Crippen LogP contribution in [0.1, 0.15) is 10.4 Å². The Morgan fingerprint density at radius 3 is 2.64 bits per heavy atom. The van der Waals surface area contributed by atoms with Crippen LogP contribution in [0.15, 0.2) is 23.1 Å². The maximum atomic E-state index is 11.2. The van der Waals surface area contributed by atoms with Gasteiger partial charge in [0.25, 0.3) is 10.8 Å². The third kappa shape index (κ3) is 1.12. The van der Waals surface area contributed by atoms with Gasteiger partial charge in [-0.2, -0.15) is 0 Å². The Morgan fingerprint density at radius 2 is 2.00 bits per heavy atom. The molecular formula is C8H3NO4S. The minimum atomic E-state index is -0.659. The zero-order valence-corrected chi connectivity index (χ0v) is 7.54. The SMILES string of the molecule is O=C1Sc2c(cccc2[N+](=O)[O-])C1=O. The van der Waals surface area contributed by atoms with Crippen LogP contribution >= 0.6 is 11.8 Å². The molecule has 2 rings (SSSR count). The summed E-state index contributed by atoms with van der Waals surface area (Å²) in [7, 11) is 0. The molecule has 0 radical (unpaired) electrons. The molecule has 1 aromatic rings. The number of rotatable bonds is 1. The number of carbonyl (C=O) groups is 2. The number of nitrogens with zero attached hydrogens (tertiary/aromatic N) is 1. The Morgan fingerprint density at radius 1 is 1.29 bits per heavy atom. The van der Waals surface area contributed by atoms with Crippen LogP contribution < -0.4 is 0 Å². The summed E-state index contributed by atoms with van der Waals surface area (Å²) in [6.07, 6.45) is 0. The van der Waals surface area contributed by atoms with Crippen molar-refractivity contribution in [2.24, 2.45) is 0 Å².